The third kappa shape index (κ3) is 1.37. The molecule has 1 aliphatic rings. The standard InChI is InChI=1S/C10H16O/c1-6(2)9-5-10(11)8(4)7(9)3/h5-8H,1-4H3. The molecule has 62 valence electrons. The number of rotatable bonds is 1. The zero-order valence-electron chi connectivity index (χ0n) is 7.72. The van der Waals surface area contributed by atoms with Crippen molar-refractivity contribution in [2.24, 2.45) is 17.8 Å². The zero-order valence-corrected chi connectivity index (χ0v) is 7.72. The van der Waals surface area contributed by atoms with Gasteiger partial charge in [-0.3, -0.25) is 4.79 Å². The Labute approximate surface area is 68.5 Å². The lowest BCUT2D eigenvalue weighted by molar-refractivity contribution is -0.117. The molecule has 0 N–H and O–H groups in total. The highest BCUT2D eigenvalue weighted by Gasteiger charge is 2.29. The van der Waals surface area contributed by atoms with E-state index in [4.69, 9.17) is 0 Å². The Morgan fingerprint density at radius 1 is 1.27 bits per heavy atom. The minimum Gasteiger partial charge on any atom is -0.295 e. The van der Waals surface area contributed by atoms with Gasteiger partial charge in [0.2, 0.25) is 0 Å². The second-order valence-corrected chi connectivity index (χ2v) is 3.78. The third-order valence-electron chi connectivity index (χ3n) is 2.70. The highest BCUT2D eigenvalue weighted by molar-refractivity contribution is 5.95. The molecule has 0 saturated carbocycles. The normalized spacial score (nSPS) is 31.4. The van der Waals surface area contributed by atoms with Crippen molar-refractivity contribution in [3.05, 3.63) is 11.6 Å². The van der Waals surface area contributed by atoms with Gasteiger partial charge in [-0.25, -0.2) is 0 Å². The second kappa shape index (κ2) is 2.80. The lowest BCUT2D eigenvalue weighted by Crippen LogP contribution is -2.11. The minimum absolute atomic E-state index is 0.215. The molecule has 2 unspecified atom stereocenters. The molecule has 2 atom stereocenters. The number of allylic oxidation sites excluding steroid dienone is 2. The first-order valence-corrected chi connectivity index (χ1v) is 4.29. The van der Waals surface area contributed by atoms with Crippen LogP contribution in [-0.2, 0) is 4.79 Å². The first-order valence-electron chi connectivity index (χ1n) is 4.29. The maximum Gasteiger partial charge on any atom is 0.159 e. The topological polar surface area (TPSA) is 17.1 Å². The summed E-state index contributed by atoms with van der Waals surface area (Å²) in [6, 6.07) is 0. The largest absolute Gasteiger partial charge is 0.295 e. The molecule has 0 saturated heterocycles. The van der Waals surface area contributed by atoms with Gasteiger partial charge in [-0.15, -0.1) is 0 Å². The van der Waals surface area contributed by atoms with E-state index < -0.39 is 0 Å². The van der Waals surface area contributed by atoms with Gasteiger partial charge in [-0.05, 0) is 17.9 Å². The molecule has 1 aliphatic carbocycles. The number of ketones is 1. The average molecular weight is 152 g/mol. The van der Waals surface area contributed by atoms with E-state index in [1.165, 1.54) is 5.57 Å². The smallest absolute Gasteiger partial charge is 0.159 e. The van der Waals surface area contributed by atoms with E-state index in [-0.39, 0.29) is 5.92 Å². The summed E-state index contributed by atoms with van der Waals surface area (Å²) in [6.07, 6.45) is 1.83. The van der Waals surface area contributed by atoms with Crippen LogP contribution in [0.2, 0.25) is 0 Å². The van der Waals surface area contributed by atoms with E-state index in [0.717, 1.165) is 0 Å². The number of carbonyl (C=O) groups excluding carboxylic acids is 1. The molecule has 1 rings (SSSR count). The van der Waals surface area contributed by atoms with Gasteiger partial charge in [-0.2, -0.15) is 0 Å². The summed E-state index contributed by atoms with van der Waals surface area (Å²) in [7, 11) is 0. The van der Waals surface area contributed by atoms with Gasteiger partial charge in [0.05, 0.1) is 0 Å². The van der Waals surface area contributed by atoms with Crippen LogP contribution < -0.4 is 0 Å². The molecular formula is C10H16O. The van der Waals surface area contributed by atoms with Crippen molar-refractivity contribution in [2.75, 3.05) is 0 Å². The molecule has 0 aliphatic heterocycles. The van der Waals surface area contributed by atoms with Crippen LogP contribution in [0.4, 0.5) is 0 Å². The van der Waals surface area contributed by atoms with Crippen molar-refractivity contribution >= 4 is 5.78 Å². The Balaban J connectivity index is 2.83. The van der Waals surface area contributed by atoms with E-state index in [0.29, 0.717) is 17.6 Å². The molecule has 0 heterocycles. The van der Waals surface area contributed by atoms with Crippen LogP contribution in [0, 0.1) is 17.8 Å². The molecule has 0 bridgehead atoms. The first kappa shape index (κ1) is 8.51. The van der Waals surface area contributed by atoms with Gasteiger partial charge in [0.15, 0.2) is 5.78 Å². The molecule has 0 aromatic rings. The van der Waals surface area contributed by atoms with E-state index in [2.05, 4.69) is 20.8 Å². The summed E-state index contributed by atoms with van der Waals surface area (Å²) in [5.41, 5.74) is 1.32. The van der Waals surface area contributed by atoms with Crippen molar-refractivity contribution in [3.8, 4) is 0 Å². The van der Waals surface area contributed by atoms with Gasteiger partial charge < -0.3 is 0 Å². The Bertz CT molecular complexity index is 201. The van der Waals surface area contributed by atoms with E-state index in [9.17, 15) is 4.79 Å². The van der Waals surface area contributed by atoms with E-state index >= 15 is 0 Å². The molecular weight excluding hydrogens is 136 g/mol. The Kier molecular flexibility index (Phi) is 2.17. The molecule has 1 nitrogen and oxygen atoms in total. The molecule has 0 amide bonds. The lowest BCUT2D eigenvalue weighted by Gasteiger charge is -2.15. The van der Waals surface area contributed by atoms with Gasteiger partial charge in [-0.1, -0.05) is 33.3 Å². The van der Waals surface area contributed by atoms with Crippen LogP contribution in [0.5, 0.6) is 0 Å². The fraction of sp³-hybridized carbons (Fsp3) is 0.700. The van der Waals surface area contributed by atoms with Crippen LogP contribution in [0.15, 0.2) is 11.6 Å². The maximum absolute atomic E-state index is 11.2. The number of hydrogen-bond donors (Lipinski definition) is 0. The van der Waals surface area contributed by atoms with Crippen molar-refractivity contribution in [2.45, 2.75) is 27.7 Å². The predicted octanol–water partition coefficient (Wildman–Crippen LogP) is 2.42. The zero-order chi connectivity index (χ0) is 8.59. The van der Waals surface area contributed by atoms with Crippen LogP contribution in [0.3, 0.4) is 0 Å². The number of hydrogen-bond acceptors (Lipinski definition) is 1. The Morgan fingerprint density at radius 2 is 1.82 bits per heavy atom. The fourth-order valence-electron chi connectivity index (χ4n) is 1.65. The van der Waals surface area contributed by atoms with E-state index in [1.807, 2.05) is 13.0 Å². The molecule has 0 fully saturated rings. The minimum atomic E-state index is 0.215. The summed E-state index contributed by atoms with van der Waals surface area (Å²) in [6.45, 7) is 8.45. The molecule has 1 heteroatoms. The molecule has 0 radical (unpaired) electrons. The number of carbonyl (C=O) groups is 1. The lowest BCUT2D eigenvalue weighted by atomic mass is 9.89. The SMILES string of the molecule is CC(C)C1=CC(=O)C(C)C1C. The van der Waals surface area contributed by atoms with E-state index in [1.54, 1.807) is 0 Å². The highest BCUT2D eigenvalue weighted by atomic mass is 16.1. The summed E-state index contributed by atoms with van der Waals surface area (Å²) in [4.78, 5) is 11.2. The summed E-state index contributed by atoms with van der Waals surface area (Å²) < 4.78 is 0. The van der Waals surface area contributed by atoms with Crippen molar-refractivity contribution in [1.82, 2.24) is 0 Å². The third-order valence-corrected chi connectivity index (χ3v) is 2.70. The Morgan fingerprint density at radius 3 is 2.00 bits per heavy atom. The molecule has 11 heavy (non-hydrogen) atoms. The molecule has 0 spiro atoms. The van der Waals surface area contributed by atoms with Gasteiger partial charge in [0.1, 0.15) is 0 Å². The first-order chi connectivity index (χ1) is 5.04. The van der Waals surface area contributed by atoms with Crippen molar-refractivity contribution in [3.63, 3.8) is 0 Å². The monoisotopic (exact) mass is 152 g/mol. The predicted molar refractivity (Wildman–Crippen MR) is 46.3 cm³/mol. The maximum atomic E-state index is 11.2. The quantitative estimate of drug-likeness (QED) is 0.564. The van der Waals surface area contributed by atoms with Crippen LogP contribution in [0.1, 0.15) is 27.7 Å². The fourth-order valence-corrected chi connectivity index (χ4v) is 1.65. The highest BCUT2D eigenvalue weighted by Crippen LogP contribution is 2.32. The van der Waals surface area contributed by atoms with Gasteiger partial charge in [0, 0.05) is 5.92 Å². The Hall–Kier alpha value is -0.590. The van der Waals surface area contributed by atoms with Crippen molar-refractivity contribution < 1.29 is 4.79 Å². The average Bonchev–Trinajstić information content (AvgIpc) is 2.17. The second-order valence-electron chi connectivity index (χ2n) is 3.78. The van der Waals surface area contributed by atoms with Crippen LogP contribution >= 0.6 is 0 Å². The summed E-state index contributed by atoms with van der Waals surface area (Å²) in [5.74, 6) is 1.51. The summed E-state index contributed by atoms with van der Waals surface area (Å²) in [5, 5.41) is 0. The van der Waals surface area contributed by atoms with Gasteiger partial charge >= 0.3 is 0 Å². The van der Waals surface area contributed by atoms with Crippen LogP contribution in [0.25, 0.3) is 0 Å². The molecule has 0 aromatic heterocycles. The van der Waals surface area contributed by atoms with Crippen molar-refractivity contribution in [1.29, 1.82) is 0 Å². The van der Waals surface area contributed by atoms with Gasteiger partial charge in [0.25, 0.3) is 0 Å². The molecule has 0 aromatic carbocycles. The van der Waals surface area contributed by atoms with Crippen LogP contribution in [-0.4, -0.2) is 5.78 Å². The summed E-state index contributed by atoms with van der Waals surface area (Å²) >= 11 is 0.